The Kier molecular flexibility index (Phi) is 5.16. The number of amides is 1. The molecule has 1 amide bonds. The van der Waals surface area contributed by atoms with Gasteiger partial charge in [-0.15, -0.1) is 0 Å². The van der Waals surface area contributed by atoms with Crippen molar-refractivity contribution in [3.05, 3.63) is 71.4 Å². The summed E-state index contributed by atoms with van der Waals surface area (Å²) in [7, 11) is -5.74. The highest BCUT2D eigenvalue weighted by atomic mass is 32.2. The van der Waals surface area contributed by atoms with Crippen LogP contribution in [0.4, 0.5) is 20.4 Å². The van der Waals surface area contributed by atoms with Crippen LogP contribution < -0.4 is 19.7 Å². The maximum Gasteiger partial charge on any atom is 0.251 e. The predicted octanol–water partition coefficient (Wildman–Crippen LogP) is 4.35. The number of rotatable bonds is 5. The Bertz CT molecular complexity index is 2080. The summed E-state index contributed by atoms with van der Waals surface area (Å²) in [5.74, 6) is -1.52. The van der Waals surface area contributed by atoms with E-state index in [4.69, 9.17) is 21.6 Å². The van der Waals surface area contributed by atoms with Crippen molar-refractivity contribution in [1.29, 1.82) is 0 Å². The normalized spacial score (nSPS) is 25.1. The lowest BCUT2D eigenvalue weighted by molar-refractivity contribution is 0.0949. The van der Waals surface area contributed by atoms with E-state index in [0.717, 1.165) is 18.5 Å². The first-order valence-corrected chi connectivity index (χ1v) is 14.5. The van der Waals surface area contributed by atoms with E-state index in [9.17, 15) is 13.2 Å². The van der Waals surface area contributed by atoms with Crippen molar-refractivity contribution in [3.8, 4) is 11.5 Å². The minimum Gasteiger partial charge on any atom is -0.489 e. The van der Waals surface area contributed by atoms with Crippen molar-refractivity contribution >= 4 is 38.3 Å². The molecule has 1 aliphatic carbocycles. The number of ether oxygens (including phenoxy) is 2. The van der Waals surface area contributed by atoms with Gasteiger partial charge >= 0.3 is 0 Å². The SMILES string of the molecule is [2H]C1([2H])Oc2c(F)cc(C(=O)NCc3cc4nc(N5CCOc6ccc(C7CC7)nc65)ccc4cn3)cc2S(=O)(=O)[C@@]([2H])(F)C1([2H])[2H]. The third kappa shape index (κ3) is 4.77. The number of hydrogen-bond donors (Lipinski definition) is 1. The second kappa shape index (κ2) is 10.2. The monoisotopic (exact) mass is 598 g/mol. The molecule has 3 aliphatic rings. The highest BCUT2D eigenvalue weighted by Gasteiger charge is 2.36. The number of sulfone groups is 1. The van der Waals surface area contributed by atoms with Crippen molar-refractivity contribution in [2.24, 2.45) is 0 Å². The highest BCUT2D eigenvalue weighted by Crippen LogP contribution is 2.43. The Balaban J connectivity index is 1.14. The van der Waals surface area contributed by atoms with Gasteiger partial charge in [-0.2, -0.15) is 0 Å². The Morgan fingerprint density at radius 3 is 2.86 bits per heavy atom. The molecule has 0 radical (unpaired) electrons. The smallest absolute Gasteiger partial charge is 0.251 e. The molecule has 7 rings (SSSR count). The van der Waals surface area contributed by atoms with Crippen LogP contribution in [0.1, 0.15) is 53.7 Å². The summed E-state index contributed by atoms with van der Waals surface area (Å²) < 4.78 is 105. The van der Waals surface area contributed by atoms with Gasteiger partial charge in [0.1, 0.15) is 17.3 Å². The molecular formula is C29H25F2N5O5S. The standard InChI is InChI=1S/C29H25F2N5O5S/c30-20-11-18(12-24-27(20)41-9-7-25(31)42(24,38)39)29(37)33-15-19-13-22-17(14-32-19)3-6-26(34-22)36-8-10-40-23-5-4-21(16-1-2-16)35-28(23)36/h3-6,11-14,16,25H,1-2,7-10,15H2,(H,33,37)/t25-/m1/s1/i7D2,9D2,25D. The summed E-state index contributed by atoms with van der Waals surface area (Å²) in [4.78, 5) is 27.5. The second-order valence-electron chi connectivity index (χ2n) is 9.94. The fourth-order valence-electron chi connectivity index (χ4n) is 4.78. The molecule has 10 nitrogen and oxygen atoms in total. The van der Waals surface area contributed by atoms with Crippen molar-refractivity contribution < 1.29 is 38.3 Å². The molecule has 4 aromatic rings. The number of pyridine rings is 3. The topological polar surface area (TPSA) is 124 Å². The molecule has 3 aromatic heterocycles. The van der Waals surface area contributed by atoms with Crippen LogP contribution in [0, 0.1) is 5.82 Å². The first-order chi connectivity index (χ1) is 22.1. The number of hydrogen-bond acceptors (Lipinski definition) is 9. The molecule has 0 saturated heterocycles. The zero-order valence-electron chi connectivity index (χ0n) is 26.7. The quantitative estimate of drug-likeness (QED) is 0.357. The fourth-order valence-corrected chi connectivity index (χ4v) is 5.82. The van der Waals surface area contributed by atoms with Crippen LogP contribution in [-0.2, 0) is 16.4 Å². The maximum atomic E-state index is 15.2. The van der Waals surface area contributed by atoms with Gasteiger partial charge in [0.15, 0.2) is 23.1 Å². The van der Waals surface area contributed by atoms with E-state index >= 15 is 8.78 Å². The minimum absolute atomic E-state index is 0.216. The zero-order valence-corrected chi connectivity index (χ0v) is 22.5. The Morgan fingerprint density at radius 1 is 1.17 bits per heavy atom. The number of anilines is 2. The molecule has 2 aliphatic heterocycles. The fraction of sp³-hybridized carbons (Fsp3) is 0.310. The number of benzene rings is 1. The maximum absolute atomic E-state index is 15.2. The van der Waals surface area contributed by atoms with Crippen molar-refractivity contribution in [3.63, 3.8) is 0 Å². The molecule has 1 atom stereocenters. The van der Waals surface area contributed by atoms with Gasteiger partial charge in [0, 0.05) is 37.9 Å². The van der Waals surface area contributed by atoms with Gasteiger partial charge in [-0.1, -0.05) is 0 Å². The van der Waals surface area contributed by atoms with Gasteiger partial charge in [0.05, 0.1) is 35.0 Å². The molecule has 216 valence electrons. The van der Waals surface area contributed by atoms with E-state index in [0.29, 0.717) is 65.2 Å². The molecule has 1 saturated carbocycles. The number of alkyl halides is 1. The third-order valence-corrected chi connectivity index (χ3v) is 8.56. The Hall–Kier alpha value is -4.39. The van der Waals surface area contributed by atoms with Crippen LogP contribution in [-0.4, -0.2) is 54.5 Å². The summed E-state index contributed by atoms with van der Waals surface area (Å²) in [6.45, 7) is -3.01. The van der Waals surface area contributed by atoms with E-state index in [2.05, 4.69) is 15.0 Å². The van der Waals surface area contributed by atoms with Crippen molar-refractivity contribution in [2.75, 3.05) is 24.6 Å². The molecule has 13 heteroatoms. The van der Waals surface area contributed by atoms with Gasteiger partial charge in [-0.05, 0) is 55.3 Å². The number of aromatic nitrogens is 3. The van der Waals surface area contributed by atoms with E-state index in [1.54, 1.807) is 12.3 Å². The number of halogens is 2. The van der Waals surface area contributed by atoms with Crippen molar-refractivity contribution in [2.45, 2.75) is 42.1 Å². The highest BCUT2D eigenvalue weighted by molar-refractivity contribution is 7.92. The van der Waals surface area contributed by atoms with Crippen LogP contribution in [0.5, 0.6) is 11.5 Å². The van der Waals surface area contributed by atoms with Crippen LogP contribution in [0.25, 0.3) is 10.9 Å². The van der Waals surface area contributed by atoms with Crippen LogP contribution >= 0.6 is 0 Å². The molecule has 0 spiro atoms. The van der Waals surface area contributed by atoms with E-state index in [1.807, 2.05) is 29.2 Å². The molecule has 1 fully saturated rings. The average Bonchev–Trinajstić information content (AvgIpc) is 3.89. The minimum atomic E-state index is -5.74. The molecule has 0 bridgehead atoms. The lowest BCUT2D eigenvalue weighted by Crippen LogP contribution is -2.30. The van der Waals surface area contributed by atoms with Gasteiger partial charge in [-0.3, -0.25) is 9.78 Å². The van der Waals surface area contributed by atoms with Crippen molar-refractivity contribution in [1.82, 2.24) is 20.3 Å². The molecule has 5 heterocycles. The average molecular weight is 599 g/mol. The summed E-state index contributed by atoms with van der Waals surface area (Å²) in [6.07, 6.45) is -0.331. The van der Waals surface area contributed by atoms with Gasteiger partial charge in [0.25, 0.3) is 5.91 Å². The molecule has 0 unspecified atom stereocenters. The summed E-state index contributed by atoms with van der Waals surface area (Å²) >= 11 is 0. The number of carbonyl (C=O) groups excluding carboxylic acids is 1. The molecular weight excluding hydrogens is 568 g/mol. The molecule has 1 aromatic carbocycles. The Morgan fingerprint density at radius 2 is 2.02 bits per heavy atom. The largest absolute Gasteiger partial charge is 0.489 e. The van der Waals surface area contributed by atoms with E-state index in [-0.39, 0.29) is 6.54 Å². The van der Waals surface area contributed by atoms with Gasteiger partial charge in [-0.25, -0.2) is 27.2 Å². The number of carbonyl (C=O) groups is 1. The van der Waals surface area contributed by atoms with Crippen LogP contribution in [0.3, 0.4) is 0 Å². The van der Waals surface area contributed by atoms with Crippen LogP contribution in [0.2, 0.25) is 0 Å². The van der Waals surface area contributed by atoms with Crippen LogP contribution in [0.15, 0.2) is 53.6 Å². The predicted molar refractivity (Wildman–Crippen MR) is 148 cm³/mol. The summed E-state index contributed by atoms with van der Waals surface area (Å²) in [6, 6.07) is 10.3. The summed E-state index contributed by atoms with van der Waals surface area (Å²) in [5, 5.41) is 3.17. The van der Waals surface area contributed by atoms with Gasteiger partial charge < -0.3 is 19.7 Å². The number of nitrogens with zero attached hydrogens (tertiary/aromatic N) is 4. The zero-order chi connectivity index (χ0) is 33.5. The van der Waals surface area contributed by atoms with Gasteiger partial charge in [0.2, 0.25) is 15.3 Å². The number of nitrogens with one attached hydrogen (secondary N) is 1. The van der Waals surface area contributed by atoms with E-state index in [1.165, 1.54) is 0 Å². The first-order valence-electron chi connectivity index (χ1n) is 15.5. The first kappa shape index (κ1) is 21.3. The Labute approximate surface area is 246 Å². The third-order valence-electron chi connectivity index (χ3n) is 7.11. The lowest BCUT2D eigenvalue weighted by Gasteiger charge is -2.29. The molecule has 1 N–H and O–H groups in total. The molecule has 42 heavy (non-hydrogen) atoms. The summed E-state index contributed by atoms with van der Waals surface area (Å²) in [5.41, 5.74) is -3.36. The van der Waals surface area contributed by atoms with E-state index < -0.39 is 56.2 Å². The lowest BCUT2D eigenvalue weighted by atomic mass is 10.2. The second-order valence-corrected chi connectivity index (χ2v) is 11.7. The number of fused-ring (bicyclic) bond motifs is 3.